The SMILES string of the molecule is N#CC[C@@H]1CC[C@H](NCC(=O)N2CC[C@H](F)C2)C1. The molecule has 1 aliphatic carbocycles. The fourth-order valence-corrected chi connectivity index (χ4v) is 2.86. The quantitative estimate of drug-likeness (QED) is 0.820. The number of nitrogens with zero attached hydrogens (tertiary/aromatic N) is 2. The normalized spacial score (nSPS) is 31.6. The molecule has 0 aromatic carbocycles. The van der Waals surface area contributed by atoms with E-state index in [1.807, 2.05) is 0 Å². The Kier molecular flexibility index (Phi) is 4.54. The molecule has 1 saturated heterocycles. The Balaban J connectivity index is 1.66. The molecule has 0 spiro atoms. The van der Waals surface area contributed by atoms with Crippen molar-refractivity contribution in [1.82, 2.24) is 10.2 Å². The van der Waals surface area contributed by atoms with Crippen molar-refractivity contribution < 1.29 is 9.18 Å². The van der Waals surface area contributed by atoms with Gasteiger partial charge in [-0.25, -0.2) is 4.39 Å². The minimum atomic E-state index is -0.847. The summed E-state index contributed by atoms with van der Waals surface area (Å²) in [6.45, 7) is 1.10. The van der Waals surface area contributed by atoms with Gasteiger partial charge in [0.25, 0.3) is 0 Å². The van der Waals surface area contributed by atoms with Gasteiger partial charge in [0.2, 0.25) is 5.91 Å². The molecule has 100 valence electrons. The van der Waals surface area contributed by atoms with E-state index in [1.54, 1.807) is 4.90 Å². The standard InChI is InChI=1S/C13H20FN3O/c14-11-4-6-17(9-11)13(18)8-16-12-2-1-10(7-12)3-5-15/h10-12,16H,1-4,6-9H2/t10-,11-,12-/m0/s1. The van der Waals surface area contributed by atoms with Crippen LogP contribution in [-0.2, 0) is 4.79 Å². The third-order valence-corrected chi connectivity index (χ3v) is 3.95. The van der Waals surface area contributed by atoms with Crippen LogP contribution in [0.25, 0.3) is 0 Å². The van der Waals surface area contributed by atoms with Gasteiger partial charge in [0, 0.05) is 19.0 Å². The third kappa shape index (κ3) is 3.42. The second-order valence-electron chi connectivity index (χ2n) is 5.34. The average molecular weight is 253 g/mol. The Hall–Kier alpha value is -1.15. The summed E-state index contributed by atoms with van der Waals surface area (Å²) in [6.07, 6.45) is 3.31. The van der Waals surface area contributed by atoms with Crippen molar-refractivity contribution in [1.29, 1.82) is 5.26 Å². The molecule has 1 amide bonds. The van der Waals surface area contributed by atoms with Gasteiger partial charge in [0.05, 0.1) is 19.2 Å². The van der Waals surface area contributed by atoms with Crippen LogP contribution in [0.15, 0.2) is 0 Å². The molecule has 1 heterocycles. The van der Waals surface area contributed by atoms with Crippen LogP contribution >= 0.6 is 0 Å². The van der Waals surface area contributed by atoms with Crippen molar-refractivity contribution in [3.63, 3.8) is 0 Å². The fraction of sp³-hybridized carbons (Fsp3) is 0.846. The van der Waals surface area contributed by atoms with Crippen LogP contribution in [0.5, 0.6) is 0 Å². The topological polar surface area (TPSA) is 56.1 Å². The molecule has 2 aliphatic rings. The maximum Gasteiger partial charge on any atom is 0.236 e. The van der Waals surface area contributed by atoms with Crippen LogP contribution in [-0.4, -0.2) is 42.7 Å². The number of hydrogen-bond acceptors (Lipinski definition) is 3. The molecule has 1 aliphatic heterocycles. The van der Waals surface area contributed by atoms with Crippen LogP contribution in [0.3, 0.4) is 0 Å². The molecule has 18 heavy (non-hydrogen) atoms. The number of halogens is 1. The maximum atomic E-state index is 13.0. The number of hydrogen-bond donors (Lipinski definition) is 1. The number of amides is 1. The lowest BCUT2D eigenvalue weighted by molar-refractivity contribution is -0.129. The first-order valence-electron chi connectivity index (χ1n) is 6.71. The van der Waals surface area contributed by atoms with E-state index in [2.05, 4.69) is 11.4 Å². The molecule has 0 radical (unpaired) electrons. The van der Waals surface area contributed by atoms with Crippen LogP contribution in [0.4, 0.5) is 4.39 Å². The number of nitrogens with one attached hydrogen (secondary N) is 1. The largest absolute Gasteiger partial charge is 0.339 e. The Morgan fingerprint density at radius 1 is 1.44 bits per heavy atom. The predicted molar refractivity (Wildman–Crippen MR) is 65.5 cm³/mol. The van der Waals surface area contributed by atoms with Gasteiger partial charge in [-0.2, -0.15) is 5.26 Å². The number of rotatable bonds is 4. The lowest BCUT2D eigenvalue weighted by atomic mass is 10.1. The Morgan fingerprint density at radius 3 is 2.94 bits per heavy atom. The smallest absolute Gasteiger partial charge is 0.236 e. The molecule has 1 N–H and O–H groups in total. The molecule has 0 aromatic rings. The van der Waals surface area contributed by atoms with E-state index >= 15 is 0 Å². The highest BCUT2D eigenvalue weighted by atomic mass is 19.1. The second-order valence-corrected chi connectivity index (χ2v) is 5.34. The van der Waals surface area contributed by atoms with E-state index in [1.165, 1.54) is 0 Å². The Bertz CT molecular complexity index is 342. The van der Waals surface area contributed by atoms with Crippen LogP contribution in [0, 0.1) is 17.2 Å². The minimum Gasteiger partial charge on any atom is -0.339 e. The number of alkyl halides is 1. The van der Waals surface area contributed by atoms with Crippen molar-refractivity contribution in [2.24, 2.45) is 5.92 Å². The molecule has 1 saturated carbocycles. The summed E-state index contributed by atoms with van der Waals surface area (Å²) in [7, 11) is 0. The molecule has 0 bridgehead atoms. The van der Waals surface area contributed by atoms with Gasteiger partial charge in [-0.15, -0.1) is 0 Å². The van der Waals surface area contributed by atoms with Crippen molar-refractivity contribution in [3.8, 4) is 6.07 Å². The van der Waals surface area contributed by atoms with E-state index in [-0.39, 0.29) is 12.5 Å². The lowest BCUT2D eigenvalue weighted by Gasteiger charge is -2.18. The van der Waals surface area contributed by atoms with E-state index in [0.717, 1.165) is 19.3 Å². The summed E-state index contributed by atoms with van der Waals surface area (Å²) in [5.74, 6) is 0.475. The van der Waals surface area contributed by atoms with Gasteiger partial charge < -0.3 is 10.2 Å². The highest BCUT2D eigenvalue weighted by Gasteiger charge is 2.28. The van der Waals surface area contributed by atoms with Gasteiger partial charge >= 0.3 is 0 Å². The summed E-state index contributed by atoms with van der Waals surface area (Å²) in [6, 6.07) is 2.54. The number of carbonyl (C=O) groups excluding carboxylic acids is 1. The summed E-state index contributed by atoms with van der Waals surface area (Å²) < 4.78 is 13.0. The first kappa shape index (κ1) is 13.3. The summed E-state index contributed by atoms with van der Waals surface area (Å²) >= 11 is 0. The molecule has 5 heteroatoms. The van der Waals surface area contributed by atoms with Crippen molar-refractivity contribution in [3.05, 3.63) is 0 Å². The highest BCUT2D eigenvalue weighted by molar-refractivity contribution is 5.78. The molecular formula is C13H20FN3O. The Morgan fingerprint density at radius 2 is 2.28 bits per heavy atom. The molecule has 3 atom stereocenters. The summed E-state index contributed by atoms with van der Waals surface area (Å²) in [5, 5.41) is 11.9. The van der Waals surface area contributed by atoms with E-state index in [4.69, 9.17) is 5.26 Å². The van der Waals surface area contributed by atoms with Crippen molar-refractivity contribution in [2.45, 2.75) is 44.3 Å². The maximum absolute atomic E-state index is 13.0. The minimum absolute atomic E-state index is 0.00103. The van der Waals surface area contributed by atoms with E-state index in [0.29, 0.717) is 37.9 Å². The number of nitriles is 1. The van der Waals surface area contributed by atoms with Gasteiger partial charge in [-0.3, -0.25) is 4.79 Å². The molecule has 2 fully saturated rings. The summed E-state index contributed by atoms with van der Waals surface area (Å²) in [5.41, 5.74) is 0. The number of carbonyl (C=O) groups is 1. The highest BCUT2D eigenvalue weighted by Crippen LogP contribution is 2.27. The van der Waals surface area contributed by atoms with Crippen molar-refractivity contribution >= 4 is 5.91 Å². The monoisotopic (exact) mass is 253 g/mol. The predicted octanol–water partition coefficient (Wildman–Crippen LogP) is 1.23. The van der Waals surface area contributed by atoms with Gasteiger partial charge in [-0.05, 0) is 31.6 Å². The van der Waals surface area contributed by atoms with E-state index in [9.17, 15) is 9.18 Å². The zero-order chi connectivity index (χ0) is 13.0. The molecule has 0 aromatic heterocycles. The average Bonchev–Trinajstić information content (AvgIpc) is 2.96. The zero-order valence-corrected chi connectivity index (χ0v) is 10.6. The first-order valence-corrected chi connectivity index (χ1v) is 6.71. The Labute approximate surface area is 107 Å². The van der Waals surface area contributed by atoms with Gasteiger partial charge in [0.15, 0.2) is 0 Å². The molecule has 4 nitrogen and oxygen atoms in total. The van der Waals surface area contributed by atoms with Crippen LogP contribution in [0.2, 0.25) is 0 Å². The summed E-state index contributed by atoms with van der Waals surface area (Å²) in [4.78, 5) is 13.4. The molecular weight excluding hydrogens is 233 g/mol. The molecule has 0 unspecified atom stereocenters. The van der Waals surface area contributed by atoms with Gasteiger partial charge in [-0.1, -0.05) is 0 Å². The van der Waals surface area contributed by atoms with E-state index < -0.39 is 6.17 Å². The molecule has 2 rings (SSSR count). The van der Waals surface area contributed by atoms with Crippen LogP contribution in [0.1, 0.15) is 32.1 Å². The first-order chi connectivity index (χ1) is 8.69. The third-order valence-electron chi connectivity index (χ3n) is 3.95. The zero-order valence-electron chi connectivity index (χ0n) is 10.6. The fourth-order valence-electron chi connectivity index (χ4n) is 2.86. The second kappa shape index (κ2) is 6.14. The number of likely N-dealkylation sites (tertiary alicyclic amines) is 1. The van der Waals surface area contributed by atoms with Crippen LogP contribution < -0.4 is 5.32 Å². The van der Waals surface area contributed by atoms with Crippen molar-refractivity contribution in [2.75, 3.05) is 19.6 Å². The lowest BCUT2D eigenvalue weighted by Crippen LogP contribution is -2.40. The van der Waals surface area contributed by atoms with Gasteiger partial charge in [0.1, 0.15) is 6.17 Å².